The maximum Gasteiger partial charge on any atom is 0.0647 e. The average Bonchev–Trinajstić information content (AvgIpc) is 2.34. The van der Waals surface area contributed by atoms with Gasteiger partial charge in [-0.3, -0.25) is 4.99 Å². The van der Waals surface area contributed by atoms with Crippen LogP contribution >= 0.6 is 27.5 Å². The van der Waals surface area contributed by atoms with Gasteiger partial charge in [0, 0.05) is 16.3 Å². The maximum atomic E-state index is 5.95. The Balaban J connectivity index is 2.67. The normalized spacial score (nSPS) is 13.6. The van der Waals surface area contributed by atoms with Gasteiger partial charge in [-0.2, -0.15) is 0 Å². The molecule has 2 rings (SSSR count). The maximum absolute atomic E-state index is 5.95. The van der Waals surface area contributed by atoms with Crippen LogP contribution in [0.15, 0.2) is 21.6 Å². The summed E-state index contributed by atoms with van der Waals surface area (Å²) in [4.78, 5) is 4.12. The first kappa shape index (κ1) is 7.32. The summed E-state index contributed by atoms with van der Waals surface area (Å²) < 4.78 is 1.02. The molecular formula is C8H5BrClN. The third-order valence-corrected chi connectivity index (χ3v) is 2.43. The Bertz CT molecular complexity index is 333. The highest BCUT2D eigenvalue weighted by Gasteiger charge is 2.10. The van der Waals surface area contributed by atoms with Crippen LogP contribution in [0.3, 0.4) is 0 Å². The Morgan fingerprint density at radius 3 is 3.09 bits per heavy atom. The SMILES string of the molecule is Clc1cc(Br)cc2c1C=NC2. The van der Waals surface area contributed by atoms with E-state index in [-0.39, 0.29) is 0 Å². The zero-order valence-corrected chi connectivity index (χ0v) is 7.98. The molecule has 0 bridgehead atoms. The van der Waals surface area contributed by atoms with Crippen molar-refractivity contribution in [2.24, 2.45) is 4.99 Å². The number of benzene rings is 1. The quantitative estimate of drug-likeness (QED) is 0.650. The summed E-state index contributed by atoms with van der Waals surface area (Å²) in [6.07, 6.45) is 1.82. The number of hydrogen-bond acceptors (Lipinski definition) is 1. The molecule has 0 radical (unpaired) electrons. The predicted molar refractivity (Wildman–Crippen MR) is 50.5 cm³/mol. The van der Waals surface area contributed by atoms with Crippen LogP contribution in [0.25, 0.3) is 0 Å². The van der Waals surface area contributed by atoms with Gasteiger partial charge in [0.05, 0.1) is 11.6 Å². The van der Waals surface area contributed by atoms with E-state index in [9.17, 15) is 0 Å². The summed E-state index contributed by atoms with van der Waals surface area (Å²) in [6.45, 7) is 0.758. The van der Waals surface area contributed by atoms with Crippen LogP contribution in [0.2, 0.25) is 5.02 Å². The van der Waals surface area contributed by atoms with Gasteiger partial charge in [0.25, 0.3) is 0 Å². The number of hydrogen-bond donors (Lipinski definition) is 0. The molecule has 1 aliphatic heterocycles. The number of halogens is 2. The van der Waals surface area contributed by atoms with Gasteiger partial charge in [-0.25, -0.2) is 0 Å². The molecule has 11 heavy (non-hydrogen) atoms. The first-order valence-electron chi connectivity index (χ1n) is 3.25. The number of fused-ring (bicyclic) bond motifs is 1. The summed E-state index contributed by atoms with van der Waals surface area (Å²) in [5.41, 5.74) is 2.26. The minimum atomic E-state index is 0.758. The molecular weight excluding hydrogens is 225 g/mol. The van der Waals surface area contributed by atoms with Crippen LogP contribution in [0.1, 0.15) is 11.1 Å². The molecule has 0 N–H and O–H groups in total. The van der Waals surface area contributed by atoms with E-state index in [4.69, 9.17) is 11.6 Å². The Morgan fingerprint density at radius 1 is 1.45 bits per heavy atom. The summed E-state index contributed by atoms with van der Waals surface area (Å²) in [5.74, 6) is 0. The van der Waals surface area contributed by atoms with Crippen molar-refractivity contribution in [2.75, 3.05) is 0 Å². The van der Waals surface area contributed by atoms with Crippen LogP contribution in [-0.2, 0) is 6.54 Å². The second kappa shape index (κ2) is 2.61. The van der Waals surface area contributed by atoms with Gasteiger partial charge in [-0.15, -0.1) is 0 Å². The van der Waals surface area contributed by atoms with E-state index in [0.717, 1.165) is 21.6 Å². The van der Waals surface area contributed by atoms with Crippen molar-refractivity contribution in [1.29, 1.82) is 0 Å². The van der Waals surface area contributed by atoms with Crippen LogP contribution < -0.4 is 0 Å². The van der Waals surface area contributed by atoms with Crippen LogP contribution in [0.5, 0.6) is 0 Å². The molecule has 0 unspecified atom stereocenters. The summed E-state index contributed by atoms with van der Waals surface area (Å²) in [7, 11) is 0. The smallest absolute Gasteiger partial charge is 0.0647 e. The van der Waals surface area contributed by atoms with E-state index >= 15 is 0 Å². The molecule has 0 atom stereocenters. The van der Waals surface area contributed by atoms with E-state index in [1.807, 2.05) is 18.3 Å². The molecule has 1 aromatic carbocycles. The highest BCUT2D eigenvalue weighted by molar-refractivity contribution is 9.10. The zero-order valence-electron chi connectivity index (χ0n) is 5.64. The van der Waals surface area contributed by atoms with E-state index in [0.29, 0.717) is 0 Å². The molecule has 1 aliphatic rings. The van der Waals surface area contributed by atoms with Gasteiger partial charge in [0.15, 0.2) is 0 Å². The molecule has 56 valence electrons. The van der Waals surface area contributed by atoms with Gasteiger partial charge >= 0.3 is 0 Å². The standard InChI is InChI=1S/C8H5BrClN/c9-6-1-5-3-11-4-7(5)8(10)2-6/h1-2,4H,3H2. The Labute approximate surface area is 78.2 Å². The fourth-order valence-electron chi connectivity index (χ4n) is 1.15. The minimum Gasteiger partial charge on any atom is -0.288 e. The Morgan fingerprint density at radius 2 is 2.27 bits per heavy atom. The van der Waals surface area contributed by atoms with Crippen molar-refractivity contribution in [1.82, 2.24) is 0 Å². The van der Waals surface area contributed by atoms with Gasteiger partial charge in [0.1, 0.15) is 0 Å². The van der Waals surface area contributed by atoms with E-state index in [2.05, 4.69) is 20.9 Å². The first-order valence-corrected chi connectivity index (χ1v) is 4.42. The summed E-state index contributed by atoms with van der Waals surface area (Å²) in [5, 5.41) is 0.774. The lowest BCUT2D eigenvalue weighted by atomic mass is 10.1. The molecule has 0 aromatic heterocycles. The average molecular weight is 230 g/mol. The second-order valence-corrected chi connectivity index (χ2v) is 3.75. The van der Waals surface area contributed by atoms with Gasteiger partial charge in [-0.05, 0) is 17.7 Å². The lowest BCUT2D eigenvalue weighted by Gasteiger charge is -1.99. The molecule has 1 aromatic rings. The Hall–Kier alpha value is -0.340. The van der Waals surface area contributed by atoms with Crippen molar-refractivity contribution in [3.8, 4) is 0 Å². The van der Waals surface area contributed by atoms with Crippen molar-refractivity contribution in [2.45, 2.75) is 6.54 Å². The molecule has 0 fully saturated rings. The lowest BCUT2D eigenvalue weighted by molar-refractivity contribution is 1.11. The van der Waals surface area contributed by atoms with Crippen molar-refractivity contribution < 1.29 is 0 Å². The highest BCUT2D eigenvalue weighted by Crippen LogP contribution is 2.27. The molecule has 1 nitrogen and oxygen atoms in total. The summed E-state index contributed by atoms with van der Waals surface area (Å²) in [6, 6.07) is 3.94. The monoisotopic (exact) mass is 229 g/mol. The second-order valence-electron chi connectivity index (χ2n) is 2.43. The van der Waals surface area contributed by atoms with Crippen molar-refractivity contribution in [3.63, 3.8) is 0 Å². The lowest BCUT2D eigenvalue weighted by Crippen LogP contribution is -1.85. The number of nitrogens with zero attached hydrogens (tertiary/aromatic N) is 1. The fourth-order valence-corrected chi connectivity index (χ4v) is 2.07. The number of aliphatic imine (C=N–C) groups is 1. The number of rotatable bonds is 0. The van der Waals surface area contributed by atoms with Crippen LogP contribution in [0, 0.1) is 0 Å². The van der Waals surface area contributed by atoms with Crippen molar-refractivity contribution >= 4 is 33.7 Å². The molecule has 0 saturated carbocycles. The third kappa shape index (κ3) is 1.21. The highest BCUT2D eigenvalue weighted by atomic mass is 79.9. The topological polar surface area (TPSA) is 12.4 Å². The van der Waals surface area contributed by atoms with Crippen LogP contribution in [0.4, 0.5) is 0 Å². The van der Waals surface area contributed by atoms with Gasteiger partial charge < -0.3 is 0 Å². The van der Waals surface area contributed by atoms with Crippen molar-refractivity contribution in [3.05, 3.63) is 32.8 Å². The largest absolute Gasteiger partial charge is 0.288 e. The van der Waals surface area contributed by atoms with E-state index in [1.54, 1.807) is 0 Å². The molecule has 3 heteroatoms. The van der Waals surface area contributed by atoms with Crippen LogP contribution in [-0.4, -0.2) is 6.21 Å². The summed E-state index contributed by atoms with van der Waals surface area (Å²) >= 11 is 9.33. The Kier molecular flexibility index (Phi) is 1.74. The molecule has 0 aliphatic carbocycles. The van der Waals surface area contributed by atoms with Gasteiger partial charge in [-0.1, -0.05) is 27.5 Å². The van der Waals surface area contributed by atoms with Gasteiger partial charge in [0.2, 0.25) is 0 Å². The minimum absolute atomic E-state index is 0.758. The fraction of sp³-hybridized carbons (Fsp3) is 0.125. The molecule has 1 heterocycles. The predicted octanol–water partition coefficient (Wildman–Crippen LogP) is 3.04. The molecule has 0 amide bonds. The molecule has 0 spiro atoms. The third-order valence-electron chi connectivity index (χ3n) is 1.66. The zero-order chi connectivity index (χ0) is 7.84. The van der Waals surface area contributed by atoms with E-state index < -0.39 is 0 Å². The molecule has 0 saturated heterocycles. The first-order chi connectivity index (χ1) is 5.27. The van der Waals surface area contributed by atoms with E-state index in [1.165, 1.54) is 5.56 Å².